The molecule has 104 valence electrons. The Kier molecular flexibility index (Phi) is 5.54. The molecule has 0 radical (unpaired) electrons. The predicted molar refractivity (Wildman–Crippen MR) is 88.6 cm³/mol. The minimum atomic E-state index is 0.117. The van der Waals surface area contributed by atoms with Gasteiger partial charge in [0.1, 0.15) is 0 Å². The van der Waals surface area contributed by atoms with Crippen LogP contribution < -0.4 is 0 Å². The van der Waals surface area contributed by atoms with Gasteiger partial charge in [-0.3, -0.25) is 4.79 Å². The van der Waals surface area contributed by atoms with Crippen LogP contribution in [-0.4, -0.2) is 11.1 Å². The summed E-state index contributed by atoms with van der Waals surface area (Å²) in [6, 6.07) is 16.5. The van der Waals surface area contributed by atoms with Crippen molar-refractivity contribution in [3.05, 3.63) is 59.7 Å². The van der Waals surface area contributed by atoms with E-state index in [4.69, 9.17) is 0 Å². The SMILES string of the molecule is CCCCc1ccc(-c2ccc(C(=O)CBr)cc2)cc1. The first kappa shape index (κ1) is 15.0. The molecule has 0 N–H and O–H groups in total. The van der Waals surface area contributed by atoms with Gasteiger partial charge in [-0.2, -0.15) is 0 Å². The molecule has 0 aliphatic heterocycles. The van der Waals surface area contributed by atoms with Crippen LogP contribution in [0, 0.1) is 0 Å². The molecule has 1 nitrogen and oxygen atoms in total. The summed E-state index contributed by atoms with van der Waals surface area (Å²) in [6.07, 6.45) is 3.61. The van der Waals surface area contributed by atoms with Crippen molar-refractivity contribution in [2.45, 2.75) is 26.2 Å². The van der Waals surface area contributed by atoms with E-state index in [1.165, 1.54) is 24.0 Å². The normalized spacial score (nSPS) is 10.5. The molecule has 0 aliphatic carbocycles. The molecule has 2 aromatic carbocycles. The van der Waals surface area contributed by atoms with E-state index in [0.29, 0.717) is 5.33 Å². The van der Waals surface area contributed by atoms with Gasteiger partial charge in [-0.25, -0.2) is 0 Å². The van der Waals surface area contributed by atoms with Crippen molar-refractivity contribution >= 4 is 21.7 Å². The Hall–Kier alpha value is -1.41. The molecule has 0 saturated heterocycles. The van der Waals surface area contributed by atoms with E-state index in [-0.39, 0.29) is 5.78 Å². The number of carbonyl (C=O) groups is 1. The van der Waals surface area contributed by atoms with E-state index in [1.807, 2.05) is 24.3 Å². The number of rotatable bonds is 6. The zero-order chi connectivity index (χ0) is 14.4. The van der Waals surface area contributed by atoms with Crippen LogP contribution in [0.25, 0.3) is 11.1 Å². The molecule has 0 aromatic heterocycles. The largest absolute Gasteiger partial charge is 0.293 e. The van der Waals surface area contributed by atoms with Crippen LogP contribution in [0.5, 0.6) is 0 Å². The van der Waals surface area contributed by atoms with Crippen molar-refractivity contribution < 1.29 is 4.79 Å². The maximum absolute atomic E-state index is 11.6. The van der Waals surface area contributed by atoms with Gasteiger partial charge in [-0.05, 0) is 29.5 Å². The summed E-state index contributed by atoms with van der Waals surface area (Å²) in [7, 11) is 0. The van der Waals surface area contributed by atoms with Gasteiger partial charge in [-0.1, -0.05) is 77.8 Å². The molecule has 0 fully saturated rings. The lowest BCUT2D eigenvalue weighted by molar-refractivity contribution is 0.102. The number of unbranched alkanes of at least 4 members (excludes halogenated alkanes) is 1. The van der Waals surface area contributed by atoms with Gasteiger partial charge in [0.25, 0.3) is 0 Å². The third-order valence-corrected chi connectivity index (χ3v) is 3.94. The van der Waals surface area contributed by atoms with Crippen molar-refractivity contribution in [2.24, 2.45) is 0 Å². The highest BCUT2D eigenvalue weighted by Gasteiger charge is 2.04. The molecule has 0 heterocycles. The predicted octanol–water partition coefficient (Wildman–Crippen LogP) is 5.27. The van der Waals surface area contributed by atoms with Gasteiger partial charge < -0.3 is 0 Å². The fraction of sp³-hybridized carbons (Fsp3) is 0.278. The minimum Gasteiger partial charge on any atom is -0.293 e. The second-order valence-corrected chi connectivity index (χ2v) is 5.50. The summed E-state index contributed by atoms with van der Waals surface area (Å²) in [5, 5.41) is 0.373. The fourth-order valence-corrected chi connectivity index (χ4v) is 2.49. The van der Waals surface area contributed by atoms with E-state index in [2.05, 4.69) is 47.1 Å². The molecule has 2 aromatic rings. The Morgan fingerprint density at radius 2 is 1.50 bits per heavy atom. The molecule has 0 unspecified atom stereocenters. The maximum Gasteiger partial charge on any atom is 0.173 e. The topological polar surface area (TPSA) is 17.1 Å². The average molecular weight is 331 g/mol. The lowest BCUT2D eigenvalue weighted by atomic mass is 10.00. The summed E-state index contributed by atoms with van der Waals surface area (Å²) in [6.45, 7) is 2.21. The smallest absolute Gasteiger partial charge is 0.173 e. The number of halogens is 1. The summed E-state index contributed by atoms with van der Waals surface area (Å²) >= 11 is 3.19. The van der Waals surface area contributed by atoms with Crippen molar-refractivity contribution in [2.75, 3.05) is 5.33 Å². The molecule has 20 heavy (non-hydrogen) atoms. The summed E-state index contributed by atoms with van der Waals surface area (Å²) in [5.74, 6) is 0.117. The highest BCUT2D eigenvalue weighted by Crippen LogP contribution is 2.21. The number of hydrogen-bond acceptors (Lipinski definition) is 1. The lowest BCUT2D eigenvalue weighted by Crippen LogP contribution is -1.98. The van der Waals surface area contributed by atoms with Gasteiger partial charge in [-0.15, -0.1) is 0 Å². The first-order chi connectivity index (χ1) is 9.74. The Morgan fingerprint density at radius 1 is 0.950 bits per heavy atom. The molecule has 2 rings (SSSR count). The summed E-state index contributed by atoms with van der Waals surface area (Å²) in [4.78, 5) is 11.6. The second-order valence-electron chi connectivity index (χ2n) is 4.93. The van der Waals surface area contributed by atoms with E-state index < -0.39 is 0 Å². The van der Waals surface area contributed by atoms with Crippen LogP contribution in [0.15, 0.2) is 48.5 Å². The van der Waals surface area contributed by atoms with Crippen LogP contribution in [0.4, 0.5) is 0 Å². The molecule has 0 spiro atoms. The minimum absolute atomic E-state index is 0.117. The molecule has 0 atom stereocenters. The van der Waals surface area contributed by atoms with Crippen LogP contribution in [0.3, 0.4) is 0 Å². The van der Waals surface area contributed by atoms with Crippen molar-refractivity contribution in [3.8, 4) is 11.1 Å². The van der Waals surface area contributed by atoms with E-state index in [9.17, 15) is 4.79 Å². The number of alkyl halides is 1. The molecule has 0 saturated carbocycles. The Balaban J connectivity index is 2.13. The first-order valence-corrected chi connectivity index (χ1v) is 8.15. The zero-order valence-electron chi connectivity index (χ0n) is 11.7. The maximum atomic E-state index is 11.6. The Labute approximate surface area is 129 Å². The monoisotopic (exact) mass is 330 g/mol. The van der Waals surface area contributed by atoms with Crippen LogP contribution >= 0.6 is 15.9 Å². The third kappa shape index (κ3) is 3.80. The van der Waals surface area contributed by atoms with E-state index >= 15 is 0 Å². The van der Waals surface area contributed by atoms with E-state index in [1.54, 1.807) is 0 Å². The average Bonchev–Trinajstić information content (AvgIpc) is 2.53. The van der Waals surface area contributed by atoms with Crippen molar-refractivity contribution in [1.29, 1.82) is 0 Å². The molecule has 2 heteroatoms. The van der Waals surface area contributed by atoms with Gasteiger partial charge in [0.05, 0.1) is 5.33 Å². The van der Waals surface area contributed by atoms with Gasteiger partial charge in [0, 0.05) is 5.56 Å². The summed E-state index contributed by atoms with van der Waals surface area (Å²) < 4.78 is 0. The number of Topliss-reactive ketones (excluding diaryl/α,β-unsaturated/α-hetero) is 1. The number of ketones is 1. The molecule has 0 aliphatic rings. The van der Waals surface area contributed by atoms with Crippen molar-refractivity contribution in [3.63, 3.8) is 0 Å². The quantitative estimate of drug-likeness (QED) is 0.520. The van der Waals surface area contributed by atoms with E-state index in [0.717, 1.165) is 17.5 Å². The fourth-order valence-electron chi connectivity index (χ4n) is 2.17. The van der Waals surface area contributed by atoms with Crippen molar-refractivity contribution in [1.82, 2.24) is 0 Å². The zero-order valence-corrected chi connectivity index (χ0v) is 13.3. The van der Waals surface area contributed by atoms with Gasteiger partial charge in [0.2, 0.25) is 0 Å². The van der Waals surface area contributed by atoms with Gasteiger partial charge in [0.15, 0.2) is 5.78 Å². The first-order valence-electron chi connectivity index (χ1n) is 7.03. The number of hydrogen-bond donors (Lipinski definition) is 0. The Morgan fingerprint density at radius 3 is 2.00 bits per heavy atom. The molecule has 0 amide bonds. The molecular formula is C18H19BrO. The summed E-state index contributed by atoms with van der Waals surface area (Å²) in [5.41, 5.74) is 4.49. The highest BCUT2D eigenvalue weighted by atomic mass is 79.9. The number of benzene rings is 2. The standard InChI is InChI=1S/C18H19BrO/c1-2-3-4-14-5-7-15(8-6-14)16-9-11-17(12-10-16)18(20)13-19/h5-12H,2-4,13H2,1H3. The van der Waals surface area contributed by atoms with Crippen LogP contribution in [-0.2, 0) is 6.42 Å². The highest BCUT2D eigenvalue weighted by molar-refractivity contribution is 9.09. The third-order valence-electron chi connectivity index (χ3n) is 3.43. The number of carbonyl (C=O) groups excluding carboxylic acids is 1. The van der Waals surface area contributed by atoms with Crippen LogP contribution in [0.1, 0.15) is 35.7 Å². The number of aryl methyl sites for hydroxylation is 1. The lowest BCUT2D eigenvalue weighted by Gasteiger charge is -2.05. The second kappa shape index (κ2) is 7.39. The molecular weight excluding hydrogens is 312 g/mol. The Bertz CT molecular complexity index is 555. The molecule has 0 bridgehead atoms. The van der Waals surface area contributed by atoms with Gasteiger partial charge >= 0.3 is 0 Å². The van der Waals surface area contributed by atoms with Crippen LogP contribution in [0.2, 0.25) is 0 Å².